The van der Waals surface area contributed by atoms with Gasteiger partial charge < -0.3 is 20.3 Å². The van der Waals surface area contributed by atoms with Crippen LogP contribution in [0, 0.1) is 10.1 Å². The zero-order valence-electron chi connectivity index (χ0n) is 14.2. The summed E-state index contributed by atoms with van der Waals surface area (Å²) in [5, 5.41) is 33.1. The van der Waals surface area contributed by atoms with Crippen molar-refractivity contribution in [3.8, 4) is 0 Å². The number of nitrogens with one attached hydrogen (secondary N) is 1. The summed E-state index contributed by atoms with van der Waals surface area (Å²) in [7, 11) is 0. The van der Waals surface area contributed by atoms with Gasteiger partial charge in [-0.3, -0.25) is 10.1 Å². The molecule has 1 aliphatic rings. The molecule has 9 nitrogen and oxygen atoms in total. The highest BCUT2D eigenvalue weighted by Crippen LogP contribution is 2.39. The van der Waals surface area contributed by atoms with Gasteiger partial charge in [0, 0.05) is 17.8 Å². The standard InChI is InChI=1S/C17H18N2O7/c1-3-26-17(23)15-12(8-20)18-9(2)13(16(21)22)14(15)10-5-4-6-11(7-10)19(24)25/h4-7,14,18,20H,3,8H2,1-2H3,(H,21,22). The highest BCUT2D eigenvalue weighted by Gasteiger charge is 2.38. The predicted molar refractivity (Wildman–Crippen MR) is 90.1 cm³/mol. The monoisotopic (exact) mass is 362 g/mol. The van der Waals surface area contributed by atoms with E-state index in [1.807, 2.05) is 0 Å². The van der Waals surface area contributed by atoms with E-state index in [2.05, 4.69) is 5.32 Å². The molecule has 0 bridgehead atoms. The van der Waals surface area contributed by atoms with Crippen molar-refractivity contribution >= 4 is 17.6 Å². The van der Waals surface area contributed by atoms with Gasteiger partial charge in [0.2, 0.25) is 0 Å². The molecule has 2 rings (SSSR count). The van der Waals surface area contributed by atoms with Crippen molar-refractivity contribution in [2.24, 2.45) is 0 Å². The quantitative estimate of drug-likeness (QED) is 0.392. The number of aliphatic hydroxyl groups excluding tert-OH is 1. The van der Waals surface area contributed by atoms with E-state index in [0.717, 1.165) is 0 Å². The Morgan fingerprint density at radius 3 is 2.58 bits per heavy atom. The Labute approximate surface area is 148 Å². The number of ether oxygens (including phenoxy) is 1. The lowest BCUT2D eigenvalue weighted by atomic mass is 9.80. The highest BCUT2D eigenvalue weighted by molar-refractivity contribution is 5.99. The number of nitrogens with zero attached hydrogens (tertiary/aromatic N) is 1. The van der Waals surface area contributed by atoms with E-state index >= 15 is 0 Å². The lowest BCUT2D eigenvalue weighted by molar-refractivity contribution is -0.384. The maximum absolute atomic E-state index is 12.5. The van der Waals surface area contributed by atoms with E-state index in [0.29, 0.717) is 0 Å². The first-order valence-electron chi connectivity index (χ1n) is 7.78. The Morgan fingerprint density at radius 1 is 1.35 bits per heavy atom. The normalized spacial score (nSPS) is 17.0. The van der Waals surface area contributed by atoms with Gasteiger partial charge in [0.25, 0.3) is 5.69 Å². The van der Waals surface area contributed by atoms with Gasteiger partial charge in [-0.25, -0.2) is 9.59 Å². The maximum Gasteiger partial charge on any atom is 0.336 e. The van der Waals surface area contributed by atoms with E-state index < -0.39 is 29.4 Å². The Morgan fingerprint density at radius 2 is 2.04 bits per heavy atom. The van der Waals surface area contributed by atoms with E-state index in [-0.39, 0.29) is 40.4 Å². The van der Waals surface area contributed by atoms with Crippen LogP contribution in [0.25, 0.3) is 0 Å². The molecule has 0 amide bonds. The van der Waals surface area contributed by atoms with Gasteiger partial charge in [-0.15, -0.1) is 0 Å². The second kappa shape index (κ2) is 7.79. The summed E-state index contributed by atoms with van der Waals surface area (Å²) in [4.78, 5) is 34.8. The molecule has 0 saturated heterocycles. The zero-order chi connectivity index (χ0) is 19.4. The number of dihydropyridines is 1. The molecule has 1 aromatic carbocycles. The van der Waals surface area contributed by atoms with Gasteiger partial charge >= 0.3 is 11.9 Å². The summed E-state index contributed by atoms with van der Waals surface area (Å²) >= 11 is 0. The molecule has 0 aromatic heterocycles. The Balaban J connectivity index is 2.73. The third-order valence-corrected chi connectivity index (χ3v) is 3.94. The van der Waals surface area contributed by atoms with Crippen LogP contribution in [0.1, 0.15) is 25.3 Å². The minimum Gasteiger partial charge on any atom is -0.478 e. The number of carbonyl (C=O) groups excluding carboxylic acids is 1. The first-order chi connectivity index (χ1) is 12.3. The maximum atomic E-state index is 12.5. The lowest BCUT2D eigenvalue weighted by Crippen LogP contribution is -2.33. The summed E-state index contributed by atoms with van der Waals surface area (Å²) in [6.07, 6.45) is 0. The van der Waals surface area contributed by atoms with Gasteiger partial charge in [0.15, 0.2) is 0 Å². The van der Waals surface area contributed by atoms with Gasteiger partial charge in [0.05, 0.1) is 40.9 Å². The van der Waals surface area contributed by atoms with Crippen LogP contribution in [-0.2, 0) is 14.3 Å². The summed E-state index contributed by atoms with van der Waals surface area (Å²) < 4.78 is 5.01. The summed E-state index contributed by atoms with van der Waals surface area (Å²) in [6.45, 7) is 2.58. The van der Waals surface area contributed by atoms with Crippen LogP contribution in [0.15, 0.2) is 46.8 Å². The van der Waals surface area contributed by atoms with Crippen LogP contribution >= 0.6 is 0 Å². The van der Waals surface area contributed by atoms with E-state index in [1.165, 1.54) is 31.2 Å². The van der Waals surface area contributed by atoms with Crippen molar-refractivity contribution in [3.05, 3.63) is 62.5 Å². The molecule has 0 aliphatic carbocycles. The topological polar surface area (TPSA) is 139 Å². The van der Waals surface area contributed by atoms with Crippen LogP contribution in [0.5, 0.6) is 0 Å². The molecule has 138 valence electrons. The zero-order valence-corrected chi connectivity index (χ0v) is 14.2. The molecule has 26 heavy (non-hydrogen) atoms. The van der Waals surface area contributed by atoms with Crippen molar-refractivity contribution in [1.82, 2.24) is 5.32 Å². The molecule has 9 heteroatoms. The number of benzene rings is 1. The number of nitro benzene ring substituents is 1. The first kappa shape index (κ1) is 19.1. The number of hydrogen-bond donors (Lipinski definition) is 3. The summed E-state index contributed by atoms with van der Waals surface area (Å²) in [5.74, 6) is -3.20. The third kappa shape index (κ3) is 3.57. The SMILES string of the molecule is CCOC(=O)C1=C(CO)NC(C)=C(C(=O)O)C1c1cccc([N+](=O)[O-])c1. The average molecular weight is 362 g/mol. The molecule has 3 N–H and O–H groups in total. The number of carboxylic acids is 1. The highest BCUT2D eigenvalue weighted by atomic mass is 16.6. The number of nitro groups is 1. The molecule has 0 radical (unpaired) electrons. The predicted octanol–water partition coefficient (Wildman–Crippen LogP) is 1.45. The van der Waals surface area contributed by atoms with E-state index in [9.17, 15) is 29.9 Å². The van der Waals surface area contributed by atoms with Crippen molar-refractivity contribution in [2.45, 2.75) is 19.8 Å². The second-order valence-electron chi connectivity index (χ2n) is 5.52. The summed E-state index contributed by atoms with van der Waals surface area (Å²) in [6, 6.07) is 5.38. The van der Waals surface area contributed by atoms with E-state index in [4.69, 9.17) is 4.74 Å². The fourth-order valence-electron chi connectivity index (χ4n) is 2.91. The molecule has 1 aromatic rings. The van der Waals surface area contributed by atoms with E-state index in [1.54, 1.807) is 6.92 Å². The molecular formula is C17H18N2O7. The van der Waals surface area contributed by atoms with Crippen molar-refractivity contribution in [2.75, 3.05) is 13.2 Å². The number of aliphatic carboxylic acids is 1. The number of carbonyl (C=O) groups is 2. The fourth-order valence-corrected chi connectivity index (χ4v) is 2.91. The van der Waals surface area contributed by atoms with Gasteiger partial charge in [-0.05, 0) is 19.4 Å². The Bertz CT molecular complexity index is 826. The van der Waals surface area contributed by atoms with Crippen LogP contribution in [0.3, 0.4) is 0 Å². The minimum atomic E-state index is -1.29. The second-order valence-corrected chi connectivity index (χ2v) is 5.52. The number of carboxylic acid groups (broad SMARTS) is 1. The third-order valence-electron chi connectivity index (χ3n) is 3.94. The Hall–Kier alpha value is -3.20. The van der Waals surface area contributed by atoms with Gasteiger partial charge in [-0.2, -0.15) is 0 Å². The average Bonchev–Trinajstić information content (AvgIpc) is 2.60. The van der Waals surface area contributed by atoms with Crippen LogP contribution in [-0.4, -0.2) is 40.3 Å². The van der Waals surface area contributed by atoms with Gasteiger partial charge in [0.1, 0.15) is 0 Å². The molecule has 0 fully saturated rings. The number of aliphatic hydroxyl groups is 1. The van der Waals surface area contributed by atoms with Crippen molar-refractivity contribution < 1.29 is 29.5 Å². The summed E-state index contributed by atoms with van der Waals surface area (Å²) in [5.41, 5.74) is 0.0980. The molecule has 1 unspecified atom stereocenters. The smallest absolute Gasteiger partial charge is 0.336 e. The van der Waals surface area contributed by atoms with Crippen LogP contribution in [0.4, 0.5) is 5.69 Å². The molecular weight excluding hydrogens is 344 g/mol. The van der Waals surface area contributed by atoms with Crippen LogP contribution in [0.2, 0.25) is 0 Å². The lowest BCUT2D eigenvalue weighted by Gasteiger charge is -2.30. The van der Waals surface area contributed by atoms with Crippen molar-refractivity contribution in [1.29, 1.82) is 0 Å². The van der Waals surface area contributed by atoms with Crippen molar-refractivity contribution in [3.63, 3.8) is 0 Å². The minimum absolute atomic E-state index is 0.0494. The fraction of sp³-hybridized carbons (Fsp3) is 0.294. The molecule has 1 atom stereocenters. The molecule has 0 spiro atoms. The Kier molecular flexibility index (Phi) is 5.73. The largest absolute Gasteiger partial charge is 0.478 e. The van der Waals surface area contributed by atoms with Crippen LogP contribution < -0.4 is 5.32 Å². The number of esters is 1. The number of rotatable bonds is 6. The number of non-ortho nitro benzene ring substituents is 1. The first-order valence-corrected chi connectivity index (χ1v) is 7.78. The molecule has 1 heterocycles. The number of allylic oxidation sites excluding steroid dienone is 1. The molecule has 1 aliphatic heterocycles. The molecule has 0 saturated carbocycles. The van der Waals surface area contributed by atoms with Gasteiger partial charge in [-0.1, -0.05) is 12.1 Å². The number of hydrogen-bond acceptors (Lipinski definition) is 7.